The first-order chi connectivity index (χ1) is 10.6. The Bertz CT molecular complexity index is 452. The Labute approximate surface area is 133 Å². The van der Waals surface area contributed by atoms with Gasteiger partial charge in [0.1, 0.15) is 5.82 Å². The largest absolute Gasteiger partial charge is 0.384 e. The number of carbonyl (C=O) groups excluding carboxylic acids is 1. The molecule has 1 amide bonds. The number of nitrogens with one attached hydrogen (secondary N) is 2. The second-order valence-electron chi connectivity index (χ2n) is 6.34. The summed E-state index contributed by atoms with van der Waals surface area (Å²) in [5, 5.41) is 6.28. The molecule has 1 fully saturated rings. The van der Waals surface area contributed by atoms with Crippen LogP contribution in [-0.4, -0.2) is 43.0 Å². The van der Waals surface area contributed by atoms with Crippen LogP contribution in [0.15, 0.2) is 18.3 Å². The SMILES string of the molecule is CN(C)CCCNc1ccc(NC(=O)C2CCCCC2)nc1. The van der Waals surface area contributed by atoms with E-state index in [1.807, 2.05) is 12.1 Å². The molecule has 1 aliphatic carbocycles. The first-order valence-corrected chi connectivity index (χ1v) is 8.30. The molecule has 1 aromatic heterocycles. The van der Waals surface area contributed by atoms with Crippen LogP contribution < -0.4 is 10.6 Å². The number of amides is 1. The number of pyridine rings is 1. The molecule has 1 saturated carbocycles. The summed E-state index contributed by atoms with van der Waals surface area (Å²) in [6, 6.07) is 3.84. The van der Waals surface area contributed by atoms with Crippen molar-refractivity contribution in [3.63, 3.8) is 0 Å². The Hall–Kier alpha value is -1.62. The third-order valence-corrected chi connectivity index (χ3v) is 4.10. The minimum atomic E-state index is 0.124. The van der Waals surface area contributed by atoms with Gasteiger partial charge in [0.2, 0.25) is 5.91 Å². The molecule has 0 aliphatic heterocycles. The van der Waals surface area contributed by atoms with Crippen LogP contribution in [0.1, 0.15) is 38.5 Å². The molecule has 0 atom stereocenters. The van der Waals surface area contributed by atoms with Crippen molar-refractivity contribution in [3.8, 4) is 0 Å². The lowest BCUT2D eigenvalue weighted by Crippen LogP contribution is -2.25. The fraction of sp³-hybridized carbons (Fsp3) is 0.647. The van der Waals surface area contributed by atoms with Crippen LogP contribution in [0.3, 0.4) is 0 Å². The monoisotopic (exact) mass is 304 g/mol. The zero-order valence-corrected chi connectivity index (χ0v) is 13.8. The van der Waals surface area contributed by atoms with Crippen molar-refractivity contribution >= 4 is 17.4 Å². The minimum Gasteiger partial charge on any atom is -0.384 e. The fourth-order valence-corrected chi connectivity index (χ4v) is 2.79. The highest BCUT2D eigenvalue weighted by atomic mass is 16.1. The van der Waals surface area contributed by atoms with Crippen LogP contribution in [0.2, 0.25) is 0 Å². The van der Waals surface area contributed by atoms with Gasteiger partial charge in [-0.25, -0.2) is 4.98 Å². The fourth-order valence-electron chi connectivity index (χ4n) is 2.79. The van der Waals surface area contributed by atoms with Gasteiger partial charge in [-0.05, 0) is 52.0 Å². The molecular formula is C17H28N4O. The van der Waals surface area contributed by atoms with Gasteiger partial charge in [0.15, 0.2) is 0 Å². The van der Waals surface area contributed by atoms with Gasteiger partial charge >= 0.3 is 0 Å². The van der Waals surface area contributed by atoms with Gasteiger partial charge in [0.05, 0.1) is 11.9 Å². The van der Waals surface area contributed by atoms with E-state index in [9.17, 15) is 4.79 Å². The smallest absolute Gasteiger partial charge is 0.228 e. The number of nitrogens with zero attached hydrogens (tertiary/aromatic N) is 2. The molecule has 1 aliphatic rings. The van der Waals surface area contributed by atoms with Crippen LogP contribution in [0.5, 0.6) is 0 Å². The van der Waals surface area contributed by atoms with Gasteiger partial charge in [-0.1, -0.05) is 19.3 Å². The zero-order chi connectivity index (χ0) is 15.8. The highest BCUT2D eigenvalue weighted by Gasteiger charge is 2.21. The predicted molar refractivity (Wildman–Crippen MR) is 91.1 cm³/mol. The summed E-state index contributed by atoms with van der Waals surface area (Å²) in [4.78, 5) is 18.6. The van der Waals surface area contributed by atoms with Crippen LogP contribution in [-0.2, 0) is 4.79 Å². The number of hydrogen-bond donors (Lipinski definition) is 2. The third kappa shape index (κ3) is 5.64. The second-order valence-corrected chi connectivity index (χ2v) is 6.34. The van der Waals surface area contributed by atoms with Crippen molar-refractivity contribution in [1.29, 1.82) is 0 Å². The Morgan fingerprint density at radius 1 is 1.27 bits per heavy atom. The summed E-state index contributed by atoms with van der Waals surface area (Å²) in [6.07, 6.45) is 8.49. The summed E-state index contributed by atoms with van der Waals surface area (Å²) < 4.78 is 0. The van der Waals surface area contributed by atoms with E-state index in [1.165, 1.54) is 19.3 Å². The van der Waals surface area contributed by atoms with Crippen LogP contribution in [0.25, 0.3) is 0 Å². The Balaban J connectivity index is 1.75. The molecule has 0 saturated heterocycles. The summed E-state index contributed by atoms with van der Waals surface area (Å²) in [5.41, 5.74) is 0.995. The van der Waals surface area contributed by atoms with Gasteiger partial charge in [-0.15, -0.1) is 0 Å². The van der Waals surface area contributed by atoms with E-state index in [4.69, 9.17) is 0 Å². The molecule has 1 aromatic rings. The van der Waals surface area contributed by atoms with Crippen molar-refractivity contribution < 1.29 is 4.79 Å². The van der Waals surface area contributed by atoms with Gasteiger partial charge in [-0.3, -0.25) is 4.79 Å². The van der Waals surface area contributed by atoms with E-state index in [0.717, 1.165) is 38.0 Å². The average Bonchev–Trinajstić information content (AvgIpc) is 2.54. The Morgan fingerprint density at radius 3 is 2.68 bits per heavy atom. The molecule has 5 heteroatoms. The molecule has 0 bridgehead atoms. The van der Waals surface area contributed by atoms with Crippen molar-refractivity contribution in [2.75, 3.05) is 37.8 Å². The van der Waals surface area contributed by atoms with Gasteiger partial charge in [-0.2, -0.15) is 0 Å². The lowest BCUT2D eigenvalue weighted by Gasteiger charge is -2.20. The second kappa shape index (κ2) is 8.73. The molecule has 0 radical (unpaired) electrons. The predicted octanol–water partition coefficient (Wildman–Crippen LogP) is 2.96. The van der Waals surface area contributed by atoms with E-state index in [-0.39, 0.29) is 11.8 Å². The molecule has 5 nitrogen and oxygen atoms in total. The highest BCUT2D eigenvalue weighted by Crippen LogP contribution is 2.24. The van der Waals surface area contributed by atoms with Crippen LogP contribution in [0, 0.1) is 5.92 Å². The van der Waals surface area contributed by atoms with Crippen molar-refractivity contribution in [2.24, 2.45) is 5.92 Å². The standard InChI is InChI=1S/C17H28N4O/c1-21(2)12-6-11-18-15-9-10-16(19-13-15)20-17(22)14-7-4-3-5-8-14/h9-10,13-14,18H,3-8,11-12H2,1-2H3,(H,19,20,22). The van der Waals surface area contributed by atoms with Gasteiger partial charge in [0, 0.05) is 12.5 Å². The summed E-state index contributed by atoms with van der Waals surface area (Å²) in [6.45, 7) is 1.99. The van der Waals surface area contributed by atoms with Crippen LogP contribution >= 0.6 is 0 Å². The molecule has 22 heavy (non-hydrogen) atoms. The average molecular weight is 304 g/mol. The van der Waals surface area contributed by atoms with Crippen molar-refractivity contribution in [3.05, 3.63) is 18.3 Å². The summed E-state index contributed by atoms with van der Waals surface area (Å²) >= 11 is 0. The molecule has 0 spiro atoms. The molecule has 1 heterocycles. The lowest BCUT2D eigenvalue weighted by molar-refractivity contribution is -0.120. The molecule has 122 valence electrons. The molecule has 0 unspecified atom stereocenters. The highest BCUT2D eigenvalue weighted by molar-refractivity contribution is 5.91. The van der Waals surface area contributed by atoms with E-state index in [1.54, 1.807) is 6.20 Å². The number of carbonyl (C=O) groups is 1. The molecule has 2 N–H and O–H groups in total. The van der Waals surface area contributed by atoms with E-state index in [0.29, 0.717) is 5.82 Å². The van der Waals surface area contributed by atoms with E-state index in [2.05, 4.69) is 34.6 Å². The zero-order valence-electron chi connectivity index (χ0n) is 13.8. The third-order valence-electron chi connectivity index (χ3n) is 4.10. The maximum atomic E-state index is 12.2. The number of aromatic nitrogens is 1. The lowest BCUT2D eigenvalue weighted by atomic mass is 9.89. The molecule has 2 rings (SSSR count). The normalized spacial score (nSPS) is 15.8. The Kier molecular flexibility index (Phi) is 6.65. The van der Waals surface area contributed by atoms with Gasteiger partial charge < -0.3 is 15.5 Å². The summed E-state index contributed by atoms with van der Waals surface area (Å²) in [5.74, 6) is 0.938. The Morgan fingerprint density at radius 2 is 2.05 bits per heavy atom. The maximum absolute atomic E-state index is 12.2. The summed E-state index contributed by atoms with van der Waals surface area (Å²) in [7, 11) is 4.15. The quantitative estimate of drug-likeness (QED) is 0.760. The van der Waals surface area contributed by atoms with E-state index >= 15 is 0 Å². The topological polar surface area (TPSA) is 57.3 Å². The number of hydrogen-bond acceptors (Lipinski definition) is 4. The van der Waals surface area contributed by atoms with Crippen molar-refractivity contribution in [2.45, 2.75) is 38.5 Å². The van der Waals surface area contributed by atoms with E-state index < -0.39 is 0 Å². The maximum Gasteiger partial charge on any atom is 0.228 e. The number of rotatable bonds is 7. The van der Waals surface area contributed by atoms with Gasteiger partial charge in [0.25, 0.3) is 0 Å². The molecule has 0 aromatic carbocycles. The first-order valence-electron chi connectivity index (χ1n) is 8.30. The minimum absolute atomic E-state index is 0.124. The van der Waals surface area contributed by atoms with Crippen molar-refractivity contribution in [1.82, 2.24) is 9.88 Å². The van der Waals surface area contributed by atoms with Crippen LogP contribution in [0.4, 0.5) is 11.5 Å². The molecular weight excluding hydrogens is 276 g/mol. The first kappa shape index (κ1) is 16.7. The number of anilines is 2.